The van der Waals surface area contributed by atoms with E-state index in [0.29, 0.717) is 18.7 Å². The summed E-state index contributed by atoms with van der Waals surface area (Å²) >= 11 is 0. The summed E-state index contributed by atoms with van der Waals surface area (Å²) in [5.41, 5.74) is 5.14. The van der Waals surface area contributed by atoms with Crippen LogP contribution in [0, 0.1) is 5.92 Å². The Morgan fingerprint density at radius 1 is 1.11 bits per heavy atom. The van der Waals surface area contributed by atoms with E-state index in [-0.39, 0.29) is 31.4 Å². The largest absolute Gasteiger partial charge is 0.481 e. The van der Waals surface area contributed by atoms with Crippen LogP contribution in [0.25, 0.3) is 11.1 Å². The van der Waals surface area contributed by atoms with Crippen LogP contribution in [0.2, 0.25) is 0 Å². The average Bonchev–Trinajstić information content (AvgIpc) is 3.61. The molecule has 2 unspecified atom stereocenters. The summed E-state index contributed by atoms with van der Waals surface area (Å²) in [6.45, 7) is 0.595. The Hall–Kier alpha value is -4.14. The minimum Gasteiger partial charge on any atom is -0.481 e. The molecule has 180 valence electrons. The maximum Gasteiger partial charge on any atom is 0.407 e. The number of benzene rings is 2. The number of aromatic nitrogens is 2. The van der Waals surface area contributed by atoms with Gasteiger partial charge in [0, 0.05) is 37.3 Å². The quantitative estimate of drug-likeness (QED) is 0.484. The number of carboxylic acids is 1. The molecule has 2 heterocycles. The lowest BCUT2D eigenvalue weighted by molar-refractivity contribution is -0.141. The summed E-state index contributed by atoms with van der Waals surface area (Å²) in [5.74, 6) is -1.95. The highest BCUT2D eigenvalue weighted by molar-refractivity contribution is 5.87. The van der Waals surface area contributed by atoms with Crippen LogP contribution in [0.1, 0.15) is 29.2 Å². The SMILES string of the molecule is O=C(NC(Cc1cnc[nH]1)C(=O)N1CCC(C(=O)O)C1)OCC1c2ccccc2-c2ccccc21. The molecule has 1 aliphatic heterocycles. The standard InChI is InChI=1S/C26H26N4O5/c31-24(30-10-9-16(13-30)25(32)33)23(11-17-12-27-15-28-17)29-26(34)35-14-22-20-7-3-1-5-18(20)19-6-2-4-8-21(19)22/h1-8,12,15-16,22-23H,9-11,13-14H2,(H,27,28)(H,29,34)(H,32,33). The van der Waals surface area contributed by atoms with Gasteiger partial charge in [0.15, 0.2) is 0 Å². The number of ether oxygens (including phenoxy) is 1. The van der Waals surface area contributed by atoms with Gasteiger partial charge in [0.2, 0.25) is 5.91 Å². The van der Waals surface area contributed by atoms with Crippen LogP contribution < -0.4 is 5.32 Å². The molecular weight excluding hydrogens is 448 g/mol. The Labute approximate surface area is 202 Å². The molecule has 2 atom stereocenters. The van der Waals surface area contributed by atoms with Crippen LogP contribution in [0.3, 0.4) is 0 Å². The van der Waals surface area contributed by atoms with E-state index in [0.717, 1.165) is 22.3 Å². The molecule has 1 aromatic heterocycles. The minimum absolute atomic E-state index is 0.0928. The van der Waals surface area contributed by atoms with E-state index < -0.39 is 24.0 Å². The molecule has 0 bridgehead atoms. The van der Waals surface area contributed by atoms with Crippen LogP contribution in [-0.4, -0.2) is 63.7 Å². The van der Waals surface area contributed by atoms with Crippen molar-refractivity contribution in [1.29, 1.82) is 0 Å². The van der Waals surface area contributed by atoms with Crippen molar-refractivity contribution in [3.05, 3.63) is 77.9 Å². The second-order valence-electron chi connectivity index (χ2n) is 8.91. The van der Waals surface area contributed by atoms with Crippen molar-refractivity contribution in [3.63, 3.8) is 0 Å². The van der Waals surface area contributed by atoms with Crippen LogP contribution >= 0.6 is 0 Å². The highest BCUT2D eigenvalue weighted by Gasteiger charge is 2.35. The second-order valence-corrected chi connectivity index (χ2v) is 8.91. The number of nitrogens with one attached hydrogen (secondary N) is 2. The predicted octanol–water partition coefficient (Wildman–Crippen LogP) is 2.79. The molecule has 0 radical (unpaired) electrons. The van der Waals surface area contributed by atoms with Crippen LogP contribution in [0.4, 0.5) is 4.79 Å². The van der Waals surface area contributed by atoms with E-state index in [1.54, 1.807) is 6.20 Å². The van der Waals surface area contributed by atoms with Crippen LogP contribution in [0.15, 0.2) is 61.1 Å². The second kappa shape index (κ2) is 9.61. The van der Waals surface area contributed by atoms with E-state index in [1.807, 2.05) is 36.4 Å². The number of nitrogens with zero attached hydrogens (tertiary/aromatic N) is 2. The maximum atomic E-state index is 13.2. The van der Waals surface area contributed by atoms with Gasteiger partial charge >= 0.3 is 12.1 Å². The van der Waals surface area contributed by atoms with Gasteiger partial charge in [-0.1, -0.05) is 48.5 Å². The Morgan fingerprint density at radius 2 is 1.80 bits per heavy atom. The van der Waals surface area contributed by atoms with Crippen LogP contribution in [0.5, 0.6) is 0 Å². The summed E-state index contributed by atoms with van der Waals surface area (Å²) in [5, 5.41) is 12.0. The van der Waals surface area contributed by atoms with Gasteiger partial charge in [0.05, 0.1) is 12.2 Å². The zero-order chi connectivity index (χ0) is 24.4. The molecule has 5 rings (SSSR count). The zero-order valence-corrected chi connectivity index (χ0v) is 19.0. The first-order valence-electron chi connectivity index (χ1n) is 11.6. The predicted molar refractivity (Wildman–Crippen MR) is 127 cm³/mol. The number of hydrogen-bond acceptors (Lipinski definition) is 5. The van der Waals surface area contributed by atoms with Crippen molar-refractivity contribution in [1.82, 2.24) is 20.2 Å². The Morgan fingerprint density at radius 3 is 2.40 bits per heavy atom. The van der Waals surface area contributed by atoms with Crippen molar-refractivity contribution in [3.8, 4) is 11.1 Å². The third-order valence-corrected chi connectivity index (χ3v) is 6.76. The fraction of sp³-hybridized carbons (Fsp3) is 0.308. The van der Waals surface area contributed by atoms with Gasteiger partial charge in [-0.2, -0.15) is 0 Å². The minimum atomic E-state index is -0.921. The summed E-state index contributed by atoms with van der Waals surface area (Å²) in [7, 11) is 0. The van der Waals surface area contributed by atoms with Gasteiger partial charge in [0.25, 0.3) is 0 Å². The van der Waals surface area contributed by atoms with Crippen molar-refractivity contribution in [2.24, 2.45) is 5.92 Å². The topological polar surface area (TPSA) is 125 Å². The first-order valence-corrected chi connectivity index (χ1v) is 11.6. The Kier molecular flexibility index (Phi) is 6.22. The molecule has 35 heavy (non-hydrogen) atoms. The molecule has 1 aliphatic carbocycles. The molecule has 2 amide bonds. The highest BCUT2D eigenvalue weighted by Crippen LogP contribution is 2.44. The van der Waals surface area contributed by atoms with E-state index in [4.69, 9.17) is 4.74 Å². The van der Waals surface area contributed by atoms with Crippen molar-refractivity contribution in [2.45, 2.75) is 24.8 Å². The molecule has 1 saturated heterocycles. The third kappa shape index (κ3) is 4.62. The number of likely N-dealkylation sites (tertiary alicyclic amines) is 1. The first kappa shape index (κ1) is 22.6. The van der Waals surface area contributed by atoms with Gasteiger partial charge in [-0.15, -0.1) is 0 Å². The monoisotopic (exact) mass is 474 g/mol. The highest BCUT2D eigenvalue weighted by atomic mass is 16.5. The van der Waals surface area contributed by atoms with Crippen molar-refractivity contribution in [2.75, 3.05) is 19.7 Å². The molecule has 9 heteroatoms. The number of hydrogen-bond donors (Lipinski definition) is 3. The average molecular weight is 475 g/mol. The molecule has 0 spiro atoms. The van der Waals surface area contributed by atoms with E-state index in [1.165, 1.54) is 11.2 Å². The fourth-order valence-electron chi connectivity index (χ4n) is 4.98. The number of amides is 2. The molecule has 0 saturated carbocycles. The number of aromatic amines is 1. The van der Waals surface area contributed by atoms with Gasteiger partial charge < -0.3 is 25.0 Å². The Bertz CT molecular complexity index is 1200. The smallest absolute Gasteiger partial charge is 0.407 e. The number of imidazole rings is 1. The molecule has 2 aliphatic rings. The number of rotatable bonds is 7. The number of carbonyl (C=O) groups is 3. The van der Waals surface area contributed by atoms with E-state index in [2.05, 4.69) is 27.4 Å². The van der Waals surface area contributed by atoms with E-state index >= 15 is 0 Å². The lowest BCUT2D eigenvalue weighted by Crippen LogP contribution is -2.49. The molecule has 1 fully saturated rings. The number of fused-ring (bicyclic) bond motifs is 3. The summed E-state index contributed by atoms with van der Waals surface area (Å²) < 4.78 is 5.62. The fourth-order valence-corrected chi connectivity index (χ4v) is 4.98. The number of alkyl carbamates (subject to hydrolysis) is 1. The van der Waals surface area contributed by atoms with Gasteiger partial charge in [-0.3, -0.25) is 9.59 Å². The normalized spacial score (nSPS) is 17.5. The number of carboxylic acid groups (broad SMARTS) is 1. The van der Waals surface area contributed by atoms with E-state index in [9.17, 15) is 19.5 Å². The lowest BCUT2D eigenvalue weighted by Gasteiger charge is -2.24. The Balaban J connectivity index is 1.27. The van der Waals surface area contributed by atoms with Gasteiger partial charge in [-0.25, -0.2) is 9.78 Å². The third-order valence-electron chi connectivity index (χ3n) is 6.76. The number of carbonyl (C=O) groups excluding carboxylic acids is 2. The summed E-state index contributed by atoms with van der Waals surface area (Å²) in [4.78, 5) is 45.8. The maximum absolute atomic E-state index is 13.2. The lowest BCUT2D eigenvalue weighted by atomic mass is 9.98. The zero-order valence-electron chi connectivity index (χ0n) is 19.0. The van der Waals surface area contributed by atoms with Crippen LogP contribution in [-0.2, 0) is 20.7 Å². The van der Waals surface area contributed by atoms with Gasteiger partial charge in [-0.05, 0) is 28.7 Å². The van der Waals surface area contributed by atoms with Gasteiger partial charge in [0.1, 0.15) is 12.6 Å². The summed E-state index contributed by atoms with van der Waals surface area (Å²) in [6, 6.07) is 15.2. The molecule has 3 aromatic rings. The van der Waals surface area contributed by atoms with Crippen molar-refractivity contribution >= 4 is 18.0 Å². The van der Waals surface area contributed by atoms with Crippen molar-refractivity contribution < 1.29 is 24.2 Å². The molecule has 3 N–H and O–H groups in total. The molecule has 2 aromatic carbocycles. The molecule has 9 nitrogen and oxygen atoms in total. The first-order chi connectivity index (χ1) is 17.0. The number of H-pyrrole nitrogens is 1. The number of aliphatic carboxylic acids is 1. The summed E-state index contributed by atoms with van der Waals surface area (Å²) in [6.07, 6.45) is 2.98. The molecular formula is C26H26N4O5.